The van der Waals surface area contributed by atoms with Gasteiger partial charge in [0.15, 0.2) is 35.6 Å². The fourth-order valence-electron chi connectivity index (χ4n) is 6.09. The van der Waals surface area contributed by atoms with E-state index in [1.54, 1.807) is 6.92 Å². The fraction of sp³-hybridized carbons (Fsp3) is 0.552. The lowest BCUT2D eigenvalue weighted by Crippen LogP contribution is -2.63. The third-order valence-corrected chi connectivity index (χ3v) is 8.05. The van der Waals surface area contributed by atoms with Gasteiger partial charge in [-0.3, -0.25) is 4.79 Å². The Labute approximate surface area is 251 Å². The van der Waals surface area contributed by atoms with Crippen molar-refractivity contribution in [3.63, 3.8) is 0 Å². The Morgan fingerprint density at radius 1 is 0.952 bits per heavy atom. The van der Waals surface area contributed by atoms with Crippen LogP contribution in [-0.2, 0) is 28.5 Å². The van der Waals surface area contributed by atoms with Crippen molar-refractivity contribution in [3.05, 3.63) is 41.0 Å². The second-order valence-electron chi connectivity index (χ2n) is 10.4. The highest BCUT2D eigenvalue weighted by Gasteiger charge is 2.56. The van der Waals surface area contributed by atoms with Crippen molar-refractivity contribution in [1.29, 1.82) is 0 Å². The van der Waals surface area contributed by atoms with Gasteiger partial charge < -0.3 is 58.0 Å². The minimum atomic E-state index is -3.18. The van der Waals surface area contributed by atoms with Crippen LogP contribution >= 0.6 is 0 Å². The van der Waals surface area contributed by atoms with Gasteiger partial charge in [-0.25, -0.2) is 0 Å². The molecule has 10 atom stereocenters. The van der Waals surface area contributed by atoms with Crippen molar-refractivity contribution in [2.45, 2.75) is 55.9 Å². The summed E-state index contributed by atoms with van der Waals surface area (Å²) in [4.78, 5) is 13.7. The van der Waals surface area contributed by atoms with Crippen LogP contribution in [0.3, 0.4) is 0 Å². The van der Waals surface area contributed by atoms with Crippen molar-refractivity contribution in [3.8, 4) is 28.7 Å². The topological polar surface area (TPSA) is 161 Å². The van der Waals surface area contributed by atoms with E-state index in [4.69, 9.17) is 50.9 Å². The number of cyclic esters (lactones) is 1. The van der Waals surface area contributed by atoms with Gasteiger partial charge in [0.05, 0.1) is 47.5 Å². The maximum absolute atomic E-state index is 13.7. The maximum atomic E-state index is 13.7. The minimum Gasteiger partial charge on any atom is -0.502 e. The summed E-state index contributed by atoms with van der Waals surface area (Å²) in [6, 6.07) is 4.54. The molecular formula is C29H32O13. The van der Waals surface area contributed by atoms with Crippen LogP contribution in [0.1, 0.15) is 46.6 Å². The Kier molecular flexibility index (Phi) is 4.91. The van der Waals surface area contributed by atoms with Crippen LogP contribution in [0.2, 0.25) is 0 Å². The summed E-state index contributed by atoms with van der Waals surface area (Å²) in [6.45, 7) is 0.888. The molecule has 0 radical (unpaired) electrons. The number of aliphatic hydroxyl groups is 2. The molecule has 5 aliphatic rings. The Morgan fingerprint density at radius 3 is 2.38 bits per heavy atom. The predicted molar refractivity (Wildman–Crippen MR) is 138 cm³/mol. The van der Waals surface area contributed by atoms with Gasteiger partial charge in [0, 0.05) is 14.6 Å². The van der Waals surface area contributed by atoms with E-state index in [1.807, 2.05) is 0 Å². The molecule has 3 saturated heterocycles. The van der Waals surface area contributed by atoms with E-state index in [1.165, 1.54) is 12.1 Å². The van der Waals surface area contributed by atoms with Gasteiger partial charge in [-0.2, -0.15) is 0 Å². The molecule has 0 spiro atoms. The normalized spacial score (nSPS) is 43.4. The van der Waals surface area contributed by atoms with Crippen molar-refractivity contribution in [2.75, 3.05) is 34.1 Å². The quantitative estimate of drug-likeness (QED) is 0.425. The van der Waals surface area contributed by atoms with E-state index >= 15 is 0 Å². The zero-order chi connectivity index (χ0) is 36.1. The summed E-state index contributed by atoms with van der Waals surface area (Å²) in [6.07, 6.45) is -8.62. The Morgan fingerprint density at radius 2 is 1.67 bits per heavy atom. The van der Waals surface area contributed by atoms with E-state index < -0.39 is 110 Å². The SMILES string of the molecule is [2H]C([2H])([2H])Oc1cc([C@]2([2H])c3cc4c(cc3[C@@H](O[C@@H]3O[C@@H]5CO[C@@H](C)O[C@H]5[C@H](O)[C@H]3O)[C@H]3COC(=O)[C@@]32[2H])OCO4)cc(OC([2H])([2H])[2H])c1O. The van der Waals surface area contributed by atoms with Gasteiger partial charge >= 0.3 is 5.97 Å². The zero-order valence-corrected chi connectivity index (χ0v) is 22.0. The molecule has 0 amide bonds. The number of methoxy groups -OCH3 is 2. The van der Waals surface area contributed by atoms with Gasteiger partial charge in [-0.05, 0) is 47.9 Å². The Hall–Kier alpha value is -3.33. The van der Waals surface area contributed by atoms with Crippen LogP contribution < -0.4 is 18.9 Å². The lowest BCUT2D eigenvalue weighted by Gasteiger charge is -2.47. The first kappa shape index (κ1) is 19.8. The number of hydrogen-bond acceptors (Lipinski definition) is 13. The summed E-state index contributed by atoms with van der Waals surface area (Å²) in [5.41, 5.74) is -0.412. The summed E-state index contributed by atoms with van der Waals surface area (Å²) in [5.74, 6) is -10.2. The highest BCUT2D eigenvalue weighted by molar-refractivity contribution is 5.79. The van der Waals surface area contributed by atoms with Crippen molar-refractivity contribution >= 4 is 5.97 Å². The van der Waals surface area contributed by atoms with Crippen LogP contribution in [0.15, 0.2) is 24.3 Å². The molecule has 7 rings (SSSR count). The molecule has 13 nitrogen and oxygen atoms in total. The van der Waals surface area contributed by atoms with Crippen molar-refractivity contribution in [2.24, 2.45) is 11.8 Å². The number of benzene rings is 2. The van der Waals surface area contributed by atoms with Gasteiger partial charge in [-0.15, -0.1) is 0 Å². The molecule has 42 heavy (non-hydrogen) atoms. The molecule has 1 aliphatic carbocycles. The molecule has 0 aromatic heterocycles. The molecule has 226 valence electrons. The molecule has 0 bridgehead atoms. The lowest BCUT2D eigenvalue weighted by molar-refractivity contribution is -0.364. The van der Waals surface area contributed by atoms with E-state index in [0.717, 1.165) is 12.1 Å². The molecule has 2 aromatic rings. The predicted octanol–water partition coefficient (Wildman–Crippen LogP) is 1.34. The average molecular weight is 597 g/mol. The van der Waals surface area contributed by atoms with E-state index in [0.29, 0.717) is 0 Å². The van der Waals surface area contributed by atoms with Crippen LogP contribution in [0.4, 0.5) is 0 Å². The molecule has 2 aromatic carbocycles. The Bertz CT molecular complexity index is 1650. The number of carbonyl (C=O) groups is 1. The van der Waals surface area contributed by atoms with Crippen molar-refractivity contribution < 1.29 is 73.7 Å². The number of aromatic hydroxyl groups is 1. The molecule has 13 heteroatoms. The van der Waals surface area contributed by atoms with Crippen LogP contribution in [0, 0.1) is 11.8 Å². The van der Waals surface area contributed by atoms with Gasteiger partial charge in [-0.1, -0.05) is 0 Å². The highest BCUT2D eigenvalue weighted by atomic mass is 16.8. The minimum absolute atomic E-state index is 0.0131. The number of ether oxygens (including phenoxy) is 9. The second kappa shape index (κ2) is 10.4. The van der Waals surface area contributed by atoms with E-state index in [9.17, 15) is 22.9 Å². The monoisotopic (exact) mass is 596 g/mol. The molecule has 4 heterocycles. The third kappa shape index (κ3) is 4.26. The first-order valence-corrected chi connectivity index (χ1v) is 13.1. The van der Waals surface area contributed by atoms with Gasteiger partial charge in [0.1, 0.15) is 24.4 Å². The average Bonchev–Trinajstić information content (AvgIpc) is 3.61. The van der Waals surface area contributed by atoms with Crippen LogP contribution in [-0.4, -0.2) is 92.4 Å². The van der Waals surface area contributed by atoms with E-state index in [2.05, 4.69) is 0 Å². The van der Waals surface area contributed by atoms with Crippen LogP contribution in [0.5, 0.6) is 28.7 Å². The number of aliphatic hydroxyl groups excluding tert-OH is 2. The lowest BCUT2D eigenvalue weighted by atomic mass is 9.66. The number of fused-ring (bicyclic) bond motifs is 4. The van der Waals surface area contributed by atoms with E-state index in [-0.39, 0.29) is 36.0 Å². The first-order valence-electron chi connectivity index (χ1n) is 17.1. The number of phenolic OH excluding ortho intramolecular Hbond substituents is 1. The highest BCUT2D eigenvalue weighted by Crippen LogP contribution is 2.57. The first-order chi connectivity index (χ1) is 23.3. The third-order valence-electron chi connectivity index (χ3n) is 8.05. The standard InChI is InChI=1S/C29H32O13/c1-11-36-9-20-27(40-11)24(31)25(32)29(41-20)42-26-14-7-17-16(38-10-39-17)6-13(14)21(22-15(26)8-37-28(22)33)12-4-18(34-2)23(30)19(5-12)35-3/h4-7,11,15,20-22,24-27,29-32H,8-10H2,1-3H3/t11-,15+,20-,21-,22+,24-,25-,26-,27-,29+/m1/s1/i2D3,3D3,21D,22D. The van der Waals surface area contributed by atoms with Gasteiger partial charge in [0.25, 0.3) is 0 Å². The number of phenols is 1. The molecular weight excluding hydrogens is 556 g/mol. The molecule has 0 saturated carbocycles. The maximum Gasteiger partial charge on any atom is 0.310 e. The Balaban J connectivity index is 1.40. The zero-order valence-electron chi connectivity index (χ0n) is 30.0. The van der Waals surface area contributed by atoms with Gasteiger partial charge in [0.2, 0.25) is 12.5 Å². The summed E-state index contributed by atoms with van der Waals surface area (Å²) < 4.78 is 115. The number of carbonyl (C=O) groups excluding carboxylic acids is 1. The summed E-state index contributed by atoms with van der Waals surface area (Å²) in [5, 5.41) is 32.9. The number of esters is 1. The molecule has 3 fully saturated rings. The molecule has 3 N–H and O–H groups in total. The summed E-state index contributed by atoms with van der Waals surface area (Å²) >= 11 is 0. The van der Waals surface area contributed by atoms with Crippen LogP contribution in [0.25, 0.3) is 0 Å². The fourth-order valence-corrected chi connectivity index (χ4v) is 6.09. The molecule has 0 unspecified atom stereocenters. The molecule has 4 aliphatic heterocycles. The number of hydrogen-bond donors (Lipinski definition) is 3. The smallest absolute Gasteiger partial charge is 0.310 e. The van der Waals surface area contributed by atoms with Crippen molar-refractivity contribution in [1.82, 2.24) is 0 Å². The number of rotatable bonds is 5. The summed E-state index contributed by atoms with van der Waals surface area (Å²) in [7, 11) is -6.36. The largest absolute Gasteiger partial charge is 0.502 e. The second-order valence-corrected chi connectivity index (χ2v) is 10.4.